The van der Waals surface area contributed by atoms with Crippen molar-refractivity contribution in [2.24, 2.45) is 4.36 Å². The van der Waals surface area contributed by atoms with E-state index in [9.17, 15) is 22.2 Å². The number of hydrogen-bond donors (Lipinski definition) is 0. The molecule has 1 amide bonds. The van der Waals surface area contributed by atoms with Crippen molar-refractivity contribution in [3.8, 4) is 0 Å². The highest BCUT2D eigenvalue weighted by Crippen LogP contribution is 2.31. The second-order valence-electron chi connectivity index (χ2n) is 3.66. The first-order chi connectivity index (χ1) is 8.61. The topological polar surface area (TPSA) is 72.3 Å². The van der Waals surface area contributed by atoms with Crippen molar-refractivity contribution in [1.29, 1.82) is 0 Å². The second-order valence-corrected chi connectivity index (χ2v) is 6.67. The van der Waals surface area contributed by atoms with Crippen molar-refractivity contribution in [3.05, 3.63) is 21.7 Å². The summed E-state index contributed by atoms with van der Waals surface area (Å²) in [7, 11) is -3.42. The Morgan fingerprint density at radius 3 is 2.47 bits per heavy atom. The van der Waals surface area contributed by atoms with Gasteiger partial charge in [-0.2, -0.15) is 17.5 Å². The number of nitrogens with zero attached hydrogens (tertiary/aromatic N) is 3. The fourth-order valence-electron chi connectivity index (χ4n) is 1.49. The molecule has 0 aliphatic carbocycles. The number of aromatic nitrogens is 2. The summed E-state index contributed by atoms with van der Waals surface area (Å²) in [6.07, 6.45) is -5.16. The second kappa shape index (κ2) is 4.57. The van der Waals surface area contributed by atoms with Gasteiger partial charge in [0.25, 0.3) is 0 Å². The lowest BCUT2D eigenvalue weighted by Gasteiger charge is -2.02. The number of fused-ring (bicyclic) bond motifs is 1. The van der Waals surface area contributed by atoms with Crippen LogP contribution in [0.1, 0.15) is 11.3 Å². The summed E-state index contributed by atoms with van der Waals surface area (Å²) in [5, 5.41) is -0.315. The summed E-state index contributed by atoms with van der Waals surface area (Å²) >= 11 is 11.2. The SMILES string of the molecule is O=C(N=S1(=O)Cc2nc(Cl)nc(Cl)c2C1)C(F)(F)F. The summed E-state index contributed by atoms with van der Waals surface area (Å²) in [5.74, 6) is -3.20. The van der Waals surface area contributed by atoms with Crippen molar-refractivity contribution in [3.63, 3.8) is 0 Å². The van der Waals surface area contributed by atoms with Crippen LogP contribution in [0, 0.1) is 0 Å². The molecule has 2 heterocycles. The lowest BCUT2D eigenvalue weighted by molar-refractivity contribution is -0.169. The molecule has 0 aromatic carbocycles. The Labute approximate surface area is 115 Å². The third-order valence-corrected chi connectivity index (χ3v) is 4.68. The molecule has 19 heavy (non-hydrogen) atoms. The molecule has 1 aliphatic heterocycles. The molecule has 0 saturated heterocycles. The summed E-state index contributed by atoms with van der Waals surface area (Å²) in [6.45, 7) is 0. The number of carbonyl (C=O) groups excluding carboxylic acids is 1. The van der Waals surface area contributed by atoms with Crippen LogP contribution in [0.4, 0.5) is 13.2 Å². The smallest absolute Gasteiger partial charge is 0.261 e. The van der Waals surface area contributed by atoms with Crippen LogP contribution in [0.3, 0.4) is 0 Å². The van der Waals surface area contributed by atoms with Gasteiger partial charge >= 0.3 is 12.1 Å². The van der Waals surface area contributed by atoms with Crippen molar-refractivity contribution in [2.75, 3.05) is 0 Å². The highest BCUT2D eigenvalue weighted by atomic mass is 35.5. The van der Waals surface area contributed by atoms with Gasteiger partial charge in [0.15, 0.2) is 0 Å². The van der Waals surface area contributed by atoms with Crippen molar-refractivity contribution in [1.82, 2.24) is 9.97 Å². The molecule has 0 saturated carbocycles. The number of alkyl halides is 3. The average Bonchev–Trinajstić information content (AvgIpc) is 2.53. The Hall–Kier alpha value is -0.930. The molecule has 104 valence electrons. The monoisotopic (exact) mass is 333 g/mol. The Morgan fingerprint density at radius 2 is 1.89 bits per heavy atom. The predicted molar refractivity (Wildman–Crippen MR) is 61.1 cm³/mol. The maximum absolute atomic E-state index is 12.1. The molecule has 5 nitrogen and oxygen atoms in total. The molecule has 0 bridgehead atoms. The van der Waals surface area contributed by atoms with Crippen LogP contribution in [-0.4, -0.2) is 26.3 Å². The third-order valence-electron chi connectivity index (χ3n) is 2.24. The number of carbonyl (C=O) groups is 1. The molecule has 0 N–H and O–H groups in total. The summed E-state index contributed by atoms with van der Waals surface area (Å²) < 4.78 is 51.2. The number of rotatable bonds is 0. The molecular formula is C8H4Cl2F3N3O2S. The molecule has 0 fully saturated rings. The quantitative estimate of drug-likeness (QED) is 0.539. The van der Waals surface area contributed by atoms with Gasteiger partial charge in [-0.1, -0.05) is 11.6 Å². The van der Waals surface area contributed by atoms with Gasteiger partial charge in [-0.05, 0) is 11.6 Å². The standard InChI is InChI=1S/C8H4Cl2F3N3O2S/c9-5-3-1-19(18,16-6(17)8(11,12)13)2-4(3)14-7(10)15-5/h1-2H2. The normalized spacial score (nSPS) is 22.2. The summed E-state index contributed by atoms with van der Waals surface area (Å²) in [5.41, 5.74) is 0.350. The molecule has 1 aromatic rings. The number of hydrogen-bond acceptors (Lipinski definition) is 4. The minimum atomic E-state index is -5.16. The molecule has 2 rings (SSSR count). The van der Waals surface area contributed by atoms with E-state index in [1.165, 1.54) is 0 Å². The maximum Gasteiger partial charge on any atom is 0.474 e. The Morgan fingerprint density at radius 1 is 1.26 bits per heavy atom. The van der Waals surface area contributed by atoms with E-state index in [2.05, 4.69) is 14.3 Å². The molecule has 11 heteroatoms. The van der Waals surface area contributed by atoms with Crippen LogP contribution in [0.15, 0.2) is 4.36 Å². The number of halogens is 5. The molecular weight excluding hydrogens is 330 g/mol. The lowest BCUT2D eigenvalue weighted by atomic mass is 10.3. The highest BCUT2D eigenvalue weighted by molar-refractivity contribution is 7.92. The van der Waals surface area contributed by atoms with Crippen molar-refractivity contribution < 1.29 is 22.2 Å². The van der Waals surface area contributed by atoms with E-state index in [0.717, 1.165) is 0 Å². The van der Waals surface area contributed by atoms with Crippen LogP contribution in [-0.2, 0) is 26.0 Å². The third kappa shape index (κ3) is 2.98. The first-order valence-corrected chi connectivity index (χ1v) is 7.26. The Kier molecular flexibility index (Phi) is 3.48. The van der Waals surface area contributed by atoms with E-state index in [0.29, 0.717) is 0 Å². The lowest BCUT2D eigenvalue weighted by Crippen LogP contribution is -2.22. The summed E-state index contributed by atoms with van der Waals surface area (Å²) in [6, 6.07) is 0. The summed E-state index contributed by atoms with van der Waals surface area (Å²) in [4.78, 5) is 18.1. The molecule has 0 spiro atoms. The molecule has 1 atom stereocenters. The molecule has 1 aromatic heterocycles. The van der Waals surface area contributed by atoms with Gasteiger partial charge in [-0.15, -0.1) is 0 Å². The van der Waals surface area contributed by atoms with Gasteiger partial charge in [0.05, 0.1) is 26.9 Å². The van der Waals surface area contributed by atoms with Crippen molar-refractivity contribution in [2.45, 2.75) is 17.7 Å². The number of amides is 1. The van der Waals surface area contributed by atoms with Crippen LogP contribution >= 0.6 is 23.2 Å². The van der Waals surface area contributed by atoms with Crippen LogP contribution in [0.25, 0.3) is 0 Å². The predicted octanol–water partition coefficient (Wildman–Crippen LogP) is 2.35. The maximum atomic E-state index is 12.1. The fourth-order valence-corrected chi connectivity index (χ4v) is 4.11. The van der Waals surface area contributed by atoms with E-state index in [4.69, 9.17) is 23.2 Å². The first kappa shape index (κ1) is 14.5. The largest absolute Gasteiger partial charge is 0.474 e. The van der Waals surface area contributed by atoms with Gasteiger partial charge in [0.1, 0.15) is 5.15 Å². The first-order valence-electron chi connectivity index (χ1n) is 4.65. The van der Waals surface area contributed by atoms with Gasteiger partial charge in [-0.25, -0.2) is 14.2 Å². The van der Waals surface area contributed by atoms with Gasteiger partial charge in [-0.3, -0.25) is 4.79 Å². The van der Waals surface area contributed by atoms with E-state index in [1.54, 1.807) is 0 Å². The zero-order valence-corrected chi connectivity index (χ0v) is 11.2. The average molecular weight is 334 g/mol. The van der Waals surface area contributed by atoms with Crippen LogP contribution in [0.5, 0.6) is 0 Å². The van der Waals surface area contributed by atoms with E-state index in [-0.39, 0.29) is 21.7 Å². The van der Waals surface area contributed by atoms with Crippen LogP contribution < -0.4 is 0 Å². The molecule has 1 unspecified atom stereocenters. The van der Waals surface area contributed by atoms with Crippen LogP contribution in [0.2, 0.25) is 10.4 Å². The fraction of sp³-hybridized carbons (Fsp3) is 0.375. The van der Waals surface area contributed by atoms with Gasteiger partial charge in [0, 0.05) is 5.56 Å². The zero-order chi connectivity index (χ0) is 14.4. The van der Waals surface area contributed by atoms with Gasteiger partial charge in [0.2, 0.25) is 5.28 Å². The highest BCUT2D eigenvalue weighted by Gasteiger charge is 2.41. The minimum Gasteiger partial charge on any atom is -0.261 e. The Balaban J connectivity index is 2.43. The van der Waals surface area contributed by atoms with Crippen molar-refractivity contribution >= 4 is 38.8 Å². The van der Waals surface area contributed by atoms with Gasteiger partial charge < -0.3 is 0 Å². The van der Waals surface area contributed by atoms with E-state index in [1.807, 2.05) is 0 Å². The zero-order valence-electron chi connectivity index (χ0n) is 8.87. The van der Waals surface area contributed by atoms with E-state index >= 15 is 0 Å². The molecule has 1 aliphatic rings. The minimum absolute atomic E-state index is 0.102. The molecule has 0 radical (unpaired) electrons. The van der Waals surface area contributed by atoms with E-state index < -0.39 is 33.3 Å². The Bertz CT molecular complexity index is 683.